The molecule has 1 aromatic carbocycles. The second-order valence-corrected chi connectivity index (χ2v) is 27.7. The molecule has 0 saturated carbocycles. The molecule has 0 aliphatic carbocycles. The summed E-state index contributed by atoms with van der Waals surface area (Å²) in [6, 6.07) is 6.33. The lowest BCUT2D eigenvalue weighted by Crippen LogP contribution is -2.55. The molecule has 6 heterocycles. The van der Waals surface area contributed by atoms with Crippen molar-refractivity contribution >= 4 is 64.8 Å². The Morgan fingerprint density at radius 3 is 1.67 bits per heavy atom. The zero-order valence-electron chi connectivity index (χ0n) is 58.0. The van der Waals surface area contributed by atoms with Crippen molar-refractivity contribution in [3.8, 4) is 0 Å². The number of benzene rings is 1. The van der Waals surface area contributed by atoms with E-state index in [-0.39, 0.29) is 130 Å². The molecule has 20 heteroatoms. The Morgan fingerprint density at radius 2 is 1.11 bits per heavy atom. The van der Waals surface area contributed by atoms with Crippen LogP contribution in [0.1, 0.15) is 217 Å². The minimum atomic E-state index is -1.44. The maximum Gasteiger partial charge on any atom is 0.310 e. The van der Waals surface area contributed by atoms with Gasteiger partial charge >= 0.3 is 41.8 Å². The minimum absolute atomic E-state index is 0.00283. The summed E-state index contributed by atoms with van der Waals surface area (Å²) in [4.78, 5) is 133. The van der Waals surface area contributed by atoms with Crippen LogP contribution in [0.3, 0.4) is 0 Å². The first-order valence-corrected chi connectivity index (χ1v) is 34.4. The molecule has 6 aliphatic heterocycles. The summed E-state index contributed by atoms with van der Waals surface area (Å²) in [6.45, 7) is 28.7. The van der Waals surface area contributed by atoms with E-state index in [4.69, 9.17) is 48.1 Å². The lowest BCUT2D eigenvalue weighted by Gasteiger charge is -2.48. The topological polar surface area (TPSA) is 262 Å². The Hall–Kier alpha value is -6.99. The van der Waals surface area contributed by atoms with Crippen molar-refractivity contribution in [1.29, 1.82) is 0 Å². The van der Waals surface area contributed by atoms with E-state index in [1.54, 1.807) is 0 Å². The van der Waals surface area contributed by atoms with E-state index in [9.17, 15) is 33.6 Å². The fraction of sp³-hybridized carbons (Fsp3) is 0.685. The Morgan fingerprint density at radius 1 is 0.602 bits per heavy atom. The van der Waals surface area contributed by atoms with E-state index in [2.05, 4.69) is 17.6 Å². The van der Waals surface area contributed by atoms with Crippen molar-refractivity contribution in [2.45, 2.75) is 231 Å². The Balaban J connectivity index is 1.70. The highest BCUT2D eigenvalue weighted by Gasteiger charge is 2.67. The van der Waals surface area contributed by atoms with Crippen LogP contribution in [0.2, 0.25) is 0 Å². The minimum Gasteiger partial charge on any atom is -0.466 e. The number of amides is 1. The third-order valence-electron chi connectivity index (χ3n) is 20.5. The van der Waals surface area contributed by atoms with Crippen molar-refractivity contribution in [2.24, 2.45) is 60.3 Å². The number of cyclic esters (lactones) is 1. The van der Waals surface area contributed by atoms with Gasteiger partial charge in [-0.25, -0.2) is 0 Å². The molecular formula is C73H105N5O15. The van der Waals surface area contributed by atoms with E-state index in [1.807, 2.05) is 114 Å². The normalized spacial score (nSPS) is 28.1. The van der Waals surface area contributed by atoms with Crippen LogP contribution in [0.15, 0.2) is 73.2 Å². The maximum absolute atomic E-state index is 15.4. The van der Waals surface area contributed by atoms with E-state index in [0.717, 1.165) is 0 Å². The highest BCUT2D eigenvalue weighted by Crippen LogP contribution is 2.63. The van der Waals surface area contributed by atoms with Gasteiger partial charge in [0.1, 0.15) is 0 Å². The van der Waals surface area contributed by atoms with Gasteiger partial charge in [0.15, 0.2) is 0 Å². The van der Waals surface area contributed by atoms with Gasteiger partial charge in [-0.3, -0.25) is 53.3 Å². The number of rotatable bonds is 28. The molecule has 1 amide bonds. The Labute approximate surface area is 551 Å². The van der Waals surface area contributed by atoms with Crippen LogP contribution in [0, 0.1) is 45.3 Å². The second-order valence-electron chi connectivity index (χ2n) is 27.7. The van der Waals surface area contributed by atoms with Crippen molar-refractivity contribution in [1.82, 2.24) is 10.6 Å². The third-order valence-corrected chi connectivity index (χ3v) is 20.5. The van der Waals surface area contributed by atoms with Crippen LogP contribution in [-0.4, -0.2) is 123 Å². The van der Waals surface area contributed by atoms with Gasteiger partial charge in [0.25, 0.3) is 0 Å². The number of esters is 7. The molecule has 512 valence electrons. The molecule has 20 nitrogen and oxygen atoms in total. The van der Waals surface area contributed by atoms with Crippen molar-refractivity contribution in [3.05, 3.63) is 69.3 Å². The molecule has 0 radical (unpaired) electrons. The van der Waals surface area contributed by atoms with Crippen LogP contribution >= 0.6 is 0 Å². The largest absolute Gasteiger partial charge is 0.466 e. The van der Waals surface area contributed by atoms with Gasteiger partial charge in [0.05, 0.1) is 94.9 Å². The summed E-state index contributed by atoms with van der Waals surface area (Å²) in [6.07, 6.45) is 3.73. The first-order chi connectivity index (χ1) is 44.2. The number of hydrogen-bond acceptors (Lipinski definition) is 19. The SMILES string of the molecule is CCCOC(=O)CCC1C2=C(C)C3=NC(C(CC(=O)OCCC)C3(C)CCC(=O)OCCC)C3(C)N=C(C(C)=C4N/C5=C(\NC(=O)Cc6cccc(c6)CC(=O)OCCC4(C)C5CCC(=O)OCCC)C(=N2)C1(C)C)C(CCC(=O)OCCC)C3(C)CC(=O)OCCC. The molecule has 9 atom stereocenters. The molecule has 2 N–H and O–H groups in total. The van der Waals surface area contributed by atoms with Gasteiger partial charge in [-0.15, -0.1) is 0 Å². The Kier molecular flexibility index (Phi) is 25.2. The van der Waals surface area contributed by atoms with Gasteiger partial charge in [-0.1, -0.05) is 100 Å². The molecule has 1 saturated heterocycles. The molecule has 9 unspecified atom stereocenters. The number of allylic oxidation sites excluding steroid dienone is 6. The number of aliphatic imine (C=N–C) groups is 3. The number of hydrogen-bond donors (Lipinski definition) is 2. The van der Waals surface area contributed by atoms with Gasteiger partial charge in [0, 0.05) is 99.5 Å². The summed E-state index contributed by atoms with van der Waals surface area (Å²) in [5.41, 5.74) is 0.206. The predicted molar refractivity (Wildman–Crippen MR) is 353 cm³/mol. The number of carbonyl (C=O) groups excluding carboxylic acids is 8. The molecular weight excluding hydrogens is 1190 g/mol. The van der Waals surface area contributed by atoms with E-state index < -0.39 is 105 Å². The molecule has 1 aromatic rings. The molecule has 93 heavy (non-hydrogen) atoms. The first kappa shape index (κ1) is 73.4. The molecule has 0 spiro atoms. The number of fused-ring (bicyclic) bond motifs is 10. The van der Waals surface area contributed by atoms with E-state index in [1.165, 1.54) is 0 Å². The fourth-order valence-corrected chi connectivity index (χ4v) is 15.3. The van der Waals surface area contributed by atoms with Crippen molar-refractivity contribution in [3.63, 3.8) is 0 Å². The number of nitrogens with one attached hydrogen (secondary N) is 2. The fourth-order valence-electron chi connectivity index (χ4n) is 15.3. The summed E-state index contributed by atoms with van der Waals surface area (Å²) in [5.74, 6) is -6.28. The summed E-state index contributed by atoms with van der Waals surface area (Å²) in [5, 5.41) is 7.37. The summed E-state index contributed by atoms with van der Waals surface area (Å²) < 4.78 is 41.3. The van der Waals surface area contributed by atoms with Gasteiger partial charge in [-0.05, 0) is 114 Å². The smallest absolute Gasteiger partial charge is 0.310 e. The van der Waals surface area contributed by atoms with Gasteiger partial charge < -0.3 is 43.8 Å². The van der Waals surface area contributed by atoms with Crippen molar-refractivity contribution < 1.29 is 71.5 Å². The van der Waals surface area contributed by atoms with E-state index >= 15 is 4.79 Å². The second kappa shape index (κ2) is 32.0. The van der Waals surface area contributed by atoms with Crippen LogP contribution < -0.4 is 10.6 Å². The average Bonchev–Trinajstić information content (AvgIpc) is 1.53. The van der Waals surface area contributed by atoms with Crippen molar-refractivity contribution in [2.75, 3.05) is 46.2 Å². The molecule has 7 rings (SSSR count). The number of ether oxygens (including phenoxy) is 7. The average molecular weight is 1290 g/mol. The van der Waals surface area contributed by atoms with Gasteiger partial charge in [0.2, 0.25) is 5.91 Å². The molecule has 1 fully saturated rings. The number of carbonyl (C=O) groups is 8. The molecule has 6 aliphatic rings. The highest BCUT2D eigenvalue weighted by molar-refractivity contribution is 6.12. The first-order valence-electron chi connectivity index (χ1n) is 34.4. The molecule has 11 bridgehead atoms. The standard InChI is InChI=1S/C73H105N5O15/c1-15-33-87-54(80)27-24-49-61-45(7)66-70(11,31-30-57(83)90-36-18-4)52(43-59(85)91-37-19-5)67(77-66)73(14)72(13,44-60(86)92-38-20-6)51(26-29-56(82)89-35-17-3)62(78-73)46(8)65-71(12)32-39-93-58(84)42-48-23-21-22-47(40-48)41-53(79)74-64(68(75-61)69(49,9)10)63(76-65)50(71)25-28-55(81)88-34-16-2/h21-23,40,49-52,67,76H,15-20,24-39,41-44H2,1-14H3,(H,74,79)/b61-45?,64-63-,65-46?. The summed E-state index contributed by atoms with van der Waals surface area (Å²) in [7, 11) is 0. The van der Waals surface area contributed by atoms with E-state index in [0.29, 0.717) is 101 Å². The monoisotopic (exact) mass is 1290 g/mol. The van der Waals surface area contributed by atoms with Gasteiger partial charge in [-0.2, -0.15) is 0 Å². The predicted octanol–water partition coefficient (Wildman–Crippen LogP) is 11.8. The van der Waals surface area contributed by atoms with Crippen LogP contribution in [0.4, 0.5) is 0 Å². The number of nitrogens with zero attached hydrogens (tertiary/aromatic N) is 3. The zero-order chi connectivity index (χ0) is 68.1. The van der Waals surface area contributed by atoms with Crippen LogP contribution in [-0.2, 0) is 84.4 Å². The Bertz CT molecular complexity index is 3170. The van der Waals surface area contributed by atoms with Crippen LogP contribution in [0.25, 0.3) is 0 Å². The maximum atomic E-state index is 15.4. The highest BCUT2D eigenvalue weighted by atomic mass is 16.6. The third kappa shape index (κ3) is 16.2. The zero-order valence-corrected chi connectivity index (χ0v) is 58.0. The van der Waals surface area contributed by atoms with Crippen LogP contribution in [0.5, 0.6) is 0 Å². The summed E-state index contributed by atoms with van der Waals surface area (Å²) >= 11 is 0. The molecule has 0 aromatic heterocycles. The quantitative estimate of drug-likeness (QED) is 0.0583. The lowest BCUT2D eigenvalue weighted by atomic mass is 9.55. The lowest BCUT2D eigenvalue weighted by molar-refractivity contribution is -0.150.